The highest BCUT2D eigenvalue weighted by Gasteiger charge is 2.48. The Bertz CT molecular complexity index is 1140. The number of rotatable bonds is 5. The molecule has 0 radical (unpaired) electrons. The van der Waals surface area contributed by atoms with Crippen molar-refractivity contribution in [2.75, 3.05) is 0 Å². The van der Waals surface area contributed by atoms with Crippen molar-refractivity contribution in [3.8, 4) is 0 Å². The number of benzene rings is 2. The third-order valence-electron chi connectivity index (χ3n) is 8.21. The van der Waals surface area contributed by atoms with Crippen molar-refractivity contribution in [3.63, 3.8) is 0 Å². The molecule has 3 aromatic rings. The lowest BCUT2D eigenvalue weighted by Gasteiger charge is -2.31. The van der Waals surface area contributed by atoms with Crippen LogP contribution in [0.1, 0.15) is 56.6 Å². The van der Waals surface area contributed by atoms with E-state index in [-0.39, 0.29) is 11.2 Å². The number of fused-ring (bicyclic) bond motifs is 2. The first-order valence-electron chi connectivity index (χ1n) is 11.6. The van der Waals surface area contributed by atoms with Crippen molar-refractivity contribution in [2.45, 2.75) is 51.9 Å². The molecule has 0 N–H and O–H groups in total. The van der Waals surface area contributed by atoms with E-state index in [1.165, 1.54) is 11.6 Å². The van der Waals surface area contributed by atoms with Gasteiger partial charge in [-0.3, -0.25) is 9.78 Å². The van der Waals surface area contributed by atoms with Gasteiger partial charge in [0.2, 0.25) is 0 Å². The minimum Gasteiger partial charge on any atom is -0.299 e. The first-order chi connectivity index (χ1) is 15.3. The van der Waals surface area contributed by atoms with Crippen LogP contribution in [0.5, 0.6) is 0 Å². The average Bonchev–Trinajstić information content (AvgIpc) is 3.34. The van der Waals surface area contributed by atoms with Gasteiger partial charge in [0.15, 0.2) is 0 Å². The van der Waals surface area contributed by atoms with E-state index < -0.39 is 0 Å². The Morgan fingerprint density at radius 3 is 2.41 bits per heavy atom. The second kappa shape index (κ2) is 8.26. The maximum atomic E-state index is 13.9. The molecule has 0 spiro atoms. The molecule has 4 atom stereocenters. The standard InChI is InChI=1S/C28H29ClFNO/c1-28(2,27(32)11-17-3-5-22(29)6-4-17)21-14-18-12-20(13-19(18)15-21)24-9-10-31-26-8-7-23(30)16-25(24)26/h3-10,16,18-21H,11-15H2,1-2H3/t18-,19+,20?,21?. The molecule has 5 rings (SSSR count). The van der Waals surface area contributed by atoms with E-state index in [2.05, 4.69) is 24.9 Å². The molecule has 0 aliphatic heterocycles. The summed E-state index contributed by atoms with van der Waals surface area (Å²) in [6.45, 7) is 4.27. The maximum absolute atomic E-state index is 13.9. The van der Waals surface area contributed by atoms with Crippen LogP contribution >= 0.6 is 11.6 Å². The van der Waals surface area contributed by atoms with Gasteiger partial charge in [-0.15, -0.1) is 0 Å². The molecular weight excluding hydrogens is 421 g/mol. The van der Waals surface area contributed by atoms with E-state index in [0.29, 0.717) is 40.9 Å². The van der Waals surface area contributed by atoms with Crippen LogP contribution in [0.15, 0.2) is 54.7 Å². The Hall–Kier alpha value is -2.26. The molecule has 2 aliphatic carbocycles. The van der Waals surface area contributed by atoms with Gasteiger partial charge in [-0.2, -0.15) is 0 Å². The van der Waals surface area contributed by atoms with Crippen LogP contribution in [0.4, 0.5) is 4.39 Å². The number of nitrogens with zero attached hydrogens (tertiary/aromatic N) is 1. The number of aromatic nitrogens is 1. The predicted octanol–water partition coefficient (Wildman–Crippen LogP) is 7.39. The summed E-state index contributed by atoms with van der Waals surface area (Å²) in [5.41, 5.74) is 2.81. The summed E-state index contributed by atoms with van der Waals surface area (Å²) in [5.74, 6) is 2.27. The smallest absolute Gasteiger partial charge is 0.143 e. The Labute approximate surface area is 194 Å². The molecule has 1 aromatic heterocycles. The molecule has 1 heterocycles. The fraction of sp³-hybridized carbons (Fsp3) is 0.429. The van der Waals surface area contributed by atoms with Gasteiger partial charge in [-0.25, -0.2) is 4.39 Å². The maximum Gasteiger partial charge on any atom is 0.143 e. The molecule has 0 bridgehead atoms. The van der Waals surface area contributed by atoms with E-state index >= 15 is 0 Å². The molecule has 2 nitrogen and oxygen atoms in total. The summed E-state index contributed by atoms with van der Waals surface area (Å²) in [7, 11) is 0. The minimum absolute atomic E-state index is 0.203. The summed E-state index contributed by atoms with van der Waals surface area (Å²) in [5, 5.41) is 1.65. The summed E-state index contributed by atoms with van der Waals surface area (Å²) in [6, 6.07) is 14.6. The minimum atomic E-state index is -0.327. The van der Waals surface area contributed by atoms with Crippen LogP contribution < -0.4 is 0 Å². The zero-order valence-corrected chi connectivity index (χ0v) is 19.4. The largest absolute Gasteiger partial charge is 0.299 e. The van der Waals surface area contributed by atoms with Gasteiger partial charge >= 0.3 is 0 Å². The Morgan fingerprint density at radius 2 is 1.72 bits per heavy atom. The molecule has 0 saturated heterocycles. The predicted molar refractivity (Wildman–Crippen MR) is 127 cm³/mol. The first kappa shape index (κ1) is 21.6. The number of hydrogen-bond acceptors (Lipinski definition) is 2. The number of ketones is 1. The Kier molecular flexibility index (Phi) is 5.57. The highest BCUT2D eigenvalue weighted by atomic mass is 35.5. The van der Waals surface area contributed by atoms with Crippen LogP contribution in [0.2, 0.25) is 5.02 Å². The number of pyridine rings is 1. The van der Waals surface area contributed by atoms with Crippen LogP contribution in [0.3, 0.4) is 0 Å². The van der Waals surface area contributed by atoms with Crippen LogP contribution in [-0.4, -0.2) is 10.8 Å². The van der Waals surface area contributed by atoms with E-state index in [9.17, 15) is 9.18 Å². The van der Waals surface area contributed by atoms with Gasteiger partial charge in [-0.05, 0) is 96.9 Å². The zero-order valence-electron chi connectivity index (χ0n) is 18.7. The van der Waals surface area contributed by atoms with Crippen molar-refractivity contribution < 1.29 is 9.18 Å². The molecule has 2 fully saturated rings. The highest BCUT2D eigenvalue weighted by Crippen LogP contribution is 2.56. The number of Topliss-reactive ketones (excluding diaryl/α,β-unsaturated/α-hetero) is 1. The van der Waals surface area contributed by atoms with E-state index in [1.54, 1.807) is 12.1 Å². The summed E-state index contributed by atoms with van der Waals surface area (Å²) >= 11 is 5.99. The molecule has 2 unspecified atom stereocenters. The first-order valence-corrected chi connectivity index (χ1v) is 12.0. The molecule has 32 heavy (non-hydrogen) atoms. The second-order valence-corrected chi connectivity index (χ2v) is 10.8. The van der Waals surface area contributed by atoms with Crippen molar-refractivity contribution in [3.05, 3.63) is 76.7 Å². The fourth-order valence-electron chi connectivity index (χ4n) is 6.20. The Balaban J connectivity index is 1.28. The molecule has 2 aliphatic rings. The zero-order chi connectivity index (χ0) is 22.5. The van der Waals surface area contributed by atoms with Gasteiger partial charge in [0.25, 0.3) is 0 Å². The summed E-state index contributed by atoms with van der Waals surface area (Å²) in [6.07, 6.45) is 6.78. The number of carbonyl (C=O) groups excluding carboxylic acids is 1. The Morgan fingerprint density at radius 1 is 1.03 bits per heavy atom. The van der Waals surface area contributed by atoms with Gasteiger partial charge < -0.3 is 0 Å². The molecule has 2 saturated carbocycles. The van der Waals surface area contributed by atoms with Crippen LogP contribution in [0, 0.1) is 29.0 Å². The average molecular weight is 450 g/mol. The van der Waals surface area contributed by atoms with Crippen molar-refractivity contribution >= 4 is 28.3 Å². The molecule has 0 amide bonds. The third-order valence-corrected chi connectivity index (χ3v) is 8.46. The second-order valence-electron chi connectivity index (χ2n) is 10.4. The topological polar surface area (TPSA) is 30.0 Å². The lowest BCUT2D eigenvalue weighted by molar-refractivity contribution is -0.129. The van der Waals surface area contributed by atoms with Gasteiger partial charge in [-0.1, -0.05) is 37.6 Å². The van der Waals surface area contributed by atoms with Crippen molar-refractivity contribution in [2.24, 2.45) is 23.2 Å². The lowest BCUT2D eigenvalue weighted by Crippen LogP contribution is -2.33. The van der Waals surface area contributed by atoms with Crippen molar-refractivity contribution in [1.82, 2.24) is 4.98 Å². The normalized spacial score (nSPS) is 25.2. The number of carbonyl (C=O) groups is 1. The molecule has 2 aromatic carbocycles. The number of halogens is 2. The molecular formula is C28H29ClFNO. The lowest BCUT2D eigenvalue weighted by atomic mass is 9.71. The van der Waals surface area contributed by atoms with E-state index in [4.69, 9.17) is 11.6 Å². The quantitative estimate of drug-likeness (QED) is 0.406. The van der Waals surface area contributed by atoms with E-state index in [0.717, 1.165) is 42.1 Å². The summed E-state index contributed by atoms with van der Waals surface area (Å²) < 4.78 is 13.9. The van der Waals surface area contributed by atoms with E-state index in [1.807, 2.05) is 30.5 Å². The number of hydrogen-bond donors (Lipinski definition) is 0. The molecule has 4 heteroatoms. The van der Waals surface area contributed by atoms with Crippen molar-refractivity contribution in [1.29, 1.82) is 0 Å². The fourth-order valence-corrected chi connectivity index (χ4v) is 6.32. The molecule has 166 valence electrons. The third kappa shape index (κ3) is 3.96. The summed E-state index contributed by atoms with van der Waals surface area (Å²) in [4.78, 5) is 17.6. The highest BCUT2D eigenvalue weighted by molar-refractivity contribution is 6.30. The monoisotopic (exact) mass is 449 g/mol. The van der Waals surface area contributed by atoms with Crippen LogP contribution in [0.25, 0.3) is 10.9 Å². The van der Waals surface area contributed by atoms with Gasteiger partial charge in [0.1, 0.15) is 11.6 Å². The van der Waals surface area contributed by atoms with Gasteiger partial charge in [0.05, 0.1) is 5.52 Å². The van der Waals surface area contributed by atoms with Crippen LogP contribution in [-0.2, 0) is 11.2 Å². The van der Waals surface area contributed by atoms with Gasteiger partial charge in [0, 0.05) is 28.4 Å². The SMILES string of the molecule is CC(C)(C(=O)Cc1ccc(Cl)cc1)C1C[C@H]2CC(c3ccnc4ccc(F)cc34)C[C@H]2C1.